The fourth-order valence-electron chi connectivity index (χ4n) is 3.73. The van der Waals surface area contributed by atoms with E-state index in [1.165, 1.54) is 17.7 Å². The first-order valence-corrected chi connectivity index (χ1v) is 10.4. The molecule has 2 aromatic rings. The van der Waals surface area contributed by atoms with Gasteiger partial charge in [-0.15, -0.1) is 0 Å². The summed E-state index contributed by atoms with van der Waals surface area (Å²) in [5.74, 6) is -2.03. The van der Waals surface area contributed by atoms with Crippen LogP contribution in [0.25, 0.3) is 0 Å². The molecule has 1 aliphatic rings. The number of benzene rings is 2. The van der Waals surface area contributed by atoms with Crippen LogP contribution in [0.4, 0.5) is 14.9 Å². The number of amides is 1. The number of halogens is 1. The number of fused-ring (bicyclic) bond motifs is 1. The number of aromatic carboxylic acids is 1. The lowest BCUT2D eigenvalue weighted by molar-refractivity contribution is 0.0258. The topological polar surface area (TPSA) is 78.9 Å². The Morgan fingerprint density at radius 1 is 1.16 bits per heavy atom. The first kappa shape index (κ1) is 22.6. The highest BCUT2D eigenvalue weighted by Crippen LogP contribution is 2.29. The van der Waals surface area contributed by atoms with Crippen LogP contribution in [0.5, 0.6) is 0 Å². The predicted octanol–water partition coefficient (Wildman–Crippen LogP) is 4.78. The second kappa shape index (κ2) is 8.96. The Morgan fingerprint density at radius 3 is 2.52 bits per heavy atom. The number of hydrogen-bond acceptors (Lipinski definition) is 4. The van der Waals surface area contributed by atoms with Crippen LogP contribution in [0, 0.1) is 12.7 Å². The fraction of sp³-hybridized carbons (Fsp3) is 0.417. The summed E-state index contributed by atoms with van der Waals surface area (Å²) in [4.78, 5) is 25.2. The summed E-state index contributed by atoms with van der Waals surface area (Å²) in [5.41, 5.74) is 4.14. The molecule has 0 aliphatic carbocycles. The van der Waals surface area contributed by atoms with Crippen molar-refractivity contribution in [2.45, 2.75) is 52.7 Å². The number of hydrogen-bond donors (Lipinski definition) is 2. The second-order valence-electron chi connectivity index (χ2n) is 8.84. The van der Waals surface area contributed by atoms with Crippen molar-refractivity contribution < 1.29 is 23.8 Å². The number of rotatable bonds is 4. The summed E-state index contributed by atoms with van der Waals surface area (Å²) in [7, 11) is 0. The average Bonchev–Trinajstić information content (AvgIpc) is 2.88. The van der Waals surface area contributed by atoms with Crippen LogP contribution >= 0.6 is 0 Å². The average molecular weight is 429 g/mol. The lowest BCUT2D eigenvalue weighted by Gasteiger charge is -2.26. The molecule has 166 valence electrons. The number of nitrogens with one attached hydrogen (secondary N) is 1. The van der Waals surface area contributed by atoms with Crippen LogP contribution < -0.4 is 5.32 Å². The molecule has 31 heavy (non-hydrogen) atoms. The number of carboxylic acid groups (broad SMARTS) is 1. The highest BCUT2D eigenvalue weighted by molar-refractivity contribution is 5.87. The third-order valence-electron chi connectivity index (χ3n) is 5.29. The number of ether oxygens (including phenoxy) is 1. The summed E-state index contributed by atoms with van der Waals surface area (Å²) >= 11 is 0. The fourth-order valence-corrected chi connectivity index (χ4v) is 3.73. The number of carbonyl (C=O) groups excluding carboxylic acids is 1. The Balaban J connectivity index is 1.76. The van der Waals surface area contributed by atoms with Crippen molar-refractivity contribution in [1.29, 1.82) is 0 Å². The number of nitrogens with zero attached hydrogens (tertiary/aromatic N) is 1. The smallest absolute Gasteiger partial charge is 0.410 e. The van der Waals surface area contributed by atoms with Gasteiger partial charge in [0, 0.05) is 25.3 Å². The highest BCUT2D eigenvalue weighted by atomic mass is 19.1. The van der Waals surface area contributed by atoms with Crippen LogP contribution in [-0.4, -0.2) is 40.8 Å². The molecule has 0 spiro atoms. The largest absolute Gasteiger partial charge is 0.478 e. The van der Waals surface area contributed by atoms with Gasteiger partial charge in [0.2, 0.25) is 0 Å². The summed E-state index contributed by atoms with van der Waals surface area (Å²) in [6, 6.07) is 8.28. The standard InChI is InChI=1S/C24H29FN2O4/c1-15-5-7-17-9-11-27(23(30)31-24(2,3)4)12-10-18(17)21(15)26-14-16-6-8-19(22(28)29)20(25)13-16/h5-8,13,26H,9-12,14H2,1-4H3,(H,28,29). The quantitative estimate of drug-likeness (QED) is 0.733. The molecule has 1 aliphatic heterocycles. The zero-order chi connectivity index (χ0) is 22.8. The van der Waals surface area contributed by atoms with E-state index in [9.17, 15) is 14.0 Å². The van der Waals surface area contributed by atoms with Crippen molar-refractivity contribution in [3.05, 3.63) is 64.0 Å². The minimum Gasteiger partial charge on any atom is -0.478 e. The van der Waals surface area contributed by atoms with Gasteiger partial charge in [0.25, 0.3) is 0 Å². The highest BCUT2D eigenvalue weighted by Gasteiger charge is 2.25. The number of carboxylic acids is 1. The Bertz CT molecular complexity index is 998. The van der Waals surface area contributed by atoms with E-state index in [2.05, 4.69) is 11.4 Å². The maximum atomic E-state index is 14.0. The number of aryl methyl sites for hydroxylation is 1. The van der Waals surface area contributed by atoms with Crippen LogP contribution in [-0.2, 0) is 24.1 Å². The third kappa shape index (κ3) is 5.54. The first-order chi connectivity index (χ1) is 14.5. The predicted molar refractivity (Wildman–Crippen MR) is 117 cm³/mol. The molecule has 0 saturated carbocycles. The Kier molecular flexibility index (Phi) is 6.53. The number of anilines is 1. The first-order valence-electron chi connectivity index (χ1n) is 10.4. The van der Waals surface area contributed by atoms with E-state index in [0.29, 0.717) is 31.6 Å². The molecule has 2 N–H and O–H groups in total. The molecule has 3 rings (SSSR count). The molecule has 2 aromatic carbocycles. The monoisotopic (exact) mass is 428 g/mol. The summed E-state index contributed by atoms with van der Waals surface area (Å²) in [6.07, 6.45) is 1.11. The van der Waals surface area contributed by atoms with E-state index in [4.69, 9.17) is 9.84 Å². The van der Waals surface area contributed by atoms with Crippen LogP contribution in [0.3, 0.4) is 0 Å². The van der Waals surface area contributed by atoms with Gasteiger partial charge in [-0.05, 0) is 74.9 Å². The Hall–Kier alpha value is -3.09. The van der Waals surface area contributed by atoms with E-state index in [-0.39, 0.29) is 11.7 Å². The van der Waals surface area contributed by atoms with Gasteiger partial charge in [-0.1, -0.05) is 18.2 Å². The van der Waals surface area contributed by atoms with Crippen molar-refractivity contribution in [1.82, 2.24) is 4.90 Å². The third-order valence-corrected chi connectivity index (χ3v) is 5.29. The minimum absolute atomic E-state index is 0.305. The van der Waals surface area contributed by atoms with Crippen molar-refractivity contribution >= 4 is 17.7 Å². The second-order valence-corrected chi connectivity index (χ2v) is 8.84. The van der Waals surface area contributed by atoms with Crippen molar-refractivity contribution in [3.63, 3.8) is 0 Å². The molecule has 1 heterocycles. The van der Waals surface area contributed by atoms with Gasteiger partial charge in [0.15, 0.2) is 0 Å². The van der Waals surface area contributed by atoms with Gasteiger partial charge >= 0.3 is 12.1 Å². The molecule has 0 atom stereocenters. The van der Waals surface area contributed by atoms with Gasteiger partial charge in [-0.3, -0.25) is 0 Å². The van der Waals surface area contributed by atoms with E-state index in [1.54, 1.807) is 11.0 Å². The lowest BCUT2D eigenvalue weighted by atomic mass is 9.97. The maximum absolute atomic E-state index is 14.0. The molecule has 0 unspecified atom stereocenters. The van der Waals surface area contributed by atoms with E-state index >= 15 is 0 Å². The molecule has 0 radical (unpaired) electrons. The van der Waals surface area contributed by atoms with E-state index in [0.717, 1.165) is 23.2 Å². The van der Waals surface area contributed by atoms with Crippen molar-refractivity contribution in [2.24, 2.45) is 0 Å². The molecule has 7 heteroatoms. The molecule has 0 bridgehead atoms. The summed E-state index contributed by atoms with van der Waals surface area (Å²) in [5, 5.41) is 12.4. The van der Waals surface area contributed by atoms with Crippen molar-refractivity contribution in [2.75, 3.05) is 18.4 Å². The Labute approximate surface area is 182 Å². The zero-order valence-electron chi connectivity index (χ0n) is 18.4. The number of carbonyl (C=O) groups is 2. The van der Waals surface area contributed by atoms with E-state index < -0.39 is 17.4 Å². The molecule has 0 fully saturated rings. The summed E-state index contributed by atoms with van der Waals surface area (Å²) < 4.78 is 19.5. The van der Waals surface area contributed by atoms with E-state index in [1.807, 2.05) is 33.8 Å². The molecule has 1 amide bonds. The van der Waals surface area contributed by atoms with Crippen LogP contribution in [0.15, 0.2) is 30.3 Å². The molecular formula is C24H29FN2O4. The van der Waals surface area contributed by atoms with Crippen molar-refractivity contribution in [3.8, 4) is 0 Å². The molecule has 0 saturated heterocycles. The van der Waals surface area contributed by atoms with Crippen LogP contribution in [0.2, 0.25) is 0 Å². The Morgan fingerprint density at radius 2 is 1.87 bits per heavy atom. The van der Waals surface area contributed by atoms with Gasteiger partial charge in [-0.25, -0.2) is 14.0 Å². The van der Waals surface area contributed by atoms with Gasteiger partial charge in [0.05, 0.1) is 5.56 Å². The molecular weight excluding hydrogens is 399 g/mol. The van der Waals surface area contributed by atoms with Crippen LogP contribution in [0.1, 0.15) is 53.4 Å². The lowest BCUT2D eigenvalue weighted by Crippen LogP contribution is -2.38. The molecule has 0 aromatic heterocycles. The minimum atomic E-state index is -1.28. The summed E-state index contributed by atoms with van der Waals surface area (Å²) in [6.45, 7) is 9.09. The van der Waals surface area contributed by atoms with Gasteiger partial charge < -0.3 is 20.1 Å². The zero-order valence-corrected chi connectivity index (χ0v) is 18.4. The molecule has 6 nitrogen and oxygen atoms in total. The maximum Gasteiger partial charge on any atom is 0.410 e. The SMILES string of the molecule is Cc1ccc2c(c1NCc1ccc(C(=O)O)c(F)c1)CCN(C(=O)OC(C)(C)C)CC2. The van der Waals surface area contributed by atoms with Gasteiger partial charge in [-0.2, -0.15) is 0 Å². The normalized spacial score (nSPS) is 13.9. The van der Waals surface area contributed by atoms with Gasteiger partial charge in [0.1, 0.15) is 11.4 Å².